The summed E-state index contributed by atoms with van der Waals surface area (Å²) in [6.07, 6.45) is 1.18. The fourth-order valence-electron chi connectivity index (χ4n) is 1.85. The van der Waals surface area contributed by atoms with E-state index in [0.29, 0.717) is 19.4 Å². The fourth-order valence-corrected chi connectivity index (χ4v) is 1.85. The highest BCUT2D eigenvalue weighted by Gasteiger charge is 2.26. The van der Waals surface area contributed by atoms with Gasteiger partial charge in [-0.1, -0.05) is 0 Å². The first-order valence-corrected chi connectivity index (χ1v) is 6.37. The van der Waals surface area contributed by atoms with E-state index in [1.165, 1.54) is 0 Å². The number of anilines is 2. The van der Waals surface area contributed by atoms with Gasteiger partial charge in [0.05, 0.1) is 5.41 Å². The first-order valence-electron chi connectivity index (χ1n) is 6.37. The van der Waals surface area contributed by atoms with Crippen molar-refractivity contribution in [2.75, 3.05) is 17.2 Å². The number of fused-ring (bicyclic) bond motifs is 1. The molecule has 0 bridgehead atoms. The van der Waals surface area contributed by atoms with Crippen molar-refractivity contribution in [2.45, 2.75) is 26.7 Å². The minimum Gasteiger partial charge on any atom is -0.329 e. The van der Waals surface area contributed by atoms with Crippen LogP contribution in [0.3, 0.4) is 0 Å². The lowest BCUT2D eigenvalue weighted by Crippen LogP contribution is -2.37. The van der Waals surface area contributed by atoms with E-state index in [2.05, 4.69) is 10.6 Å². The average Bonchev–Trinajstić information content (AvgIpc) is 2.38. The molecule has 6 heteroatoms. The molecule has 20 heavy (non-hydrogen) atoms. The van der Waals surface area contributed by atoms with Crippen molar-refractivity contribution in [1.82, 2.24) is 0 Å². The van der Waals surface area contributed by atoms with Gasteiger partial charge >= 0.3 is 0 Å². The van der Waals surface area contributed by atoms with Gasteiger partial charge in [-0.25, -0.2) is 0 Å². The lowest BCUT2D eigenvalue weighted by atomic mass is 9.92. The summed E-state index contributed by atoms with van der Waals surface area (Å²) in [4.78, 5) is 23.3. The molecule has 110 valence electrons. The number of nitrogens with two attached hydrogens (primary N) is 1. The van der Waals surface area contributed by atoms with Gasteiger partial charge in [0.1, 0.15) is 0 Å². The van der Waals surface area contributed by atoms with E-state index in [0.717, 1.165) is 16.9 Å². The van der Waals surface area contributed by atoms with Gasteiger partial charge in [0, 0.05) is 24.3 Å². The lowest BCUT2D eigenvalue weighted by molar-refractivity contribution is -0.123. The number of aryl methyl sites for hydroxylation is 1. The summed E-state index contributed by atoms with van der Waals surface area (Å²) >= 11 is 0. The van der Waals surface area contributed by atoms with Crippen molar-refractivity contribution < 1.29 is 9.59 Å². The second kappa shape index (κ2) is 6.24. The Hall–Kier alpha value is -1.59. The largest absolute Gasteiger partial charge is 0.329 e. The van der Waals surface area contributed by atoms with Crippen LogP contribution in [0.1, 0.15) is 25.8 Å². The van der Waals surface area contributed by atoms with Gasteiger partial charge in [0.15, 0.2) is 0 Å². The lowest BCUT2D eigenvalue weighted by Gasteiger charge is -2.22. The zero-order valence-corrected chi connectivity index (χ0v) is 12.5. The van der Waals surface area contributed by atoms with Crippen molar-refractivity contribution in [2.24, 2.45) is 11.1 Å². The maximum absolute atomic E-state index is 12.0. The molecular weight excluding hydrogens is 278 g/mol. The molecule has 2 rings (SSSR count). The second-order valence-electron chi connectivity index (χ2n) is 5.46. The molecule has 5 nitrogen and oxygen atoms in total. The third-order valence-electron chi connectivity index (χ3n) is 3.38. The van der Waals surface area contributed by atoms with E-state index < -0.39 is 5.41 Å². The smallest absolute Gasteiger partial charge is 0.231 e. The van der Waals surface area contributed by atoms with E-state index in [9.17, 15) is 9.59 Å². The number of nitrogens with one attached hydrogen (secondary N) is 2. The summed E-state index contributed by atoms with van der Waals surface area (Å²) < 4.78 is 0. The second-order valence-corrected chi connectivity index (χ2v) is 5.46. The van der Waals surface area contributed by atoms with Crippen LogP contribution in [0.2, 0.25) is 0 Å². The Morgan fingerprint density at radius 3 is 2.75 bits per heavy atom. The van der Waals surface area contributed by atoms with Crippen LogP contribution in [-0.4, -0.2) is 18.4 Å². The van der Waals surface area contributed by atoms with Crippen molar-refractivity contribution in [3.05, 3.63) is 23.8 Å². The molecule has 0 fully saturated rings. The highest BCUT2D eigenvalue weighted by Crippen LogP contribution is 2.26. The summed E-state index contributed by atoms with van der Waals surface area (Å²) in [5, 5.41) is 5.67. The van der Waals surface area contributed by atoms with Gasteiger partial charge in [0.25, 0.3) is 0 Å². The fraction of sp³-hybridized carbons (Fsp3) is 0.429. The van der Waals surface area contributed by atoms with E-state index in [4.69, 9.17) is 5.73 Å². The molecule has 1 heterocycles. The summed E-state index contributed by atoms with van der Waals surface area (Å²) in [7, 11) is 0. The van der Waals surface area contributed by atoms with Gasteiger partial charge in [-0.3, -0.25) is 9.59 Å². The Balaban J connectivity index is 0.00000200. The first-order chi connectivity index (χ1) is 8.92. The Morgan fingerprint density at radius 2 is 2.10 bits per heavy atom. The van der Waals surface area contributed by atoms with E-state index >= 15 is 0 Å². The average molecular weight is 298 g/mol. The Labute approximate surface area is 124 Å². The molecule has 0 aromatic heterocycles. The first kappa shape index (κ1) is 16.5. The quantitative estimate of drug-likeness (QED) is 0.797. The van der Waals surface area contributed by atoms with Crippen LogP contribution in [0.25, 0.3) is 0 Å². The molecule has 0 radical (unpaired) electrons. The molecule has 0 spiro atoms. The summed E-state index contributed by atoms with van der Waals surface area (Å²) in [5.74, 6) is -0.0663. The van der Waals surface area contributed by atoms with Crippen LogP contribution < -0.4 is 16.4 Å². The molecule has 0 saturated carbocycles. The molecule has 0 saturated heterocycles. The number of benzene rings is 1. The monoisotopic (exact) mass is 297 g/mol. The van der Waals surface area contributed by atoms with Crippen molar-refractivity contribution in [3.63, 3.8) is 0 Å². The maximum atomic E-state index is 12.0. The van der Waals surface area contributed by atoms with Crippen LogP contribution in [0.15, 0.2) is 18.2 Å². The number of carbonyl (C=O) groups excluding carboxylic acids is 2. The molecule has 0 atom stereocenters. The number of rotatable bonds is 3. The minimum atomic E-state index is -0.593. The number of hydrogen-bond acceptors (Lipinski definition) is 3. The molecule has 4 N–H and O–H groups in total. The van der Waals surface area contributed by atoms with Crippen molar-refractivity contribution in [3.8, 4) is 0 Å². The Bertz CT molecular complexity index is 529. The number of hydrogen-bond donors (Lipinski definition) is 3. The number of amides is 2. The Kier molecular flexibility index (Phi) is 5.14. The van der Waals surface area contributed by atoms with Crippen molar-refractivity contribution >= 4 is 35.6 Å². The molecule has 0 unspecified atom stereocenters. The normalized spacial score (nSPS) is 13.8. The SMILES string of the molecule is CC(C)(CN)C(=O)Nc1ccc2c(c1)CCC(=O)N2.Cl. The summed E-state index contributed by atoms with van der Waals surface area (Å²) in [6, 6.07) is 5.51. The van der Waals surface area contributed by atoms with Crippen LogP contribution in [0, 0.1) is 5.41 Å². The third-order valence-corrected chi connectivity index (χ3v) is 3.38. The summed E-state index contributed by atoms with van der Waals surface area (Å²) in [6.45, 7) is 3.90. The van der Waals surface area contributed by atoms with Gasteiger partial charge in [-0.2, -0.15) is 0 Å². The maximum Gasteiger partial charge on any atom is 0.231 e. The zero-order valence-electron chi connectivity index (χ0n) is 11.7. The standard InChI is InChI=1S/C14H19N3O2.ClH/c1-14(2,8-15)13(19)16-10-4-5-11-9(7-10)3-6-12(18)17-11;/h4-5,7H,3,6,8,15H2,1-2H3,(H,16,19)(H,17,18);1H. The van der Waals surface area contributed by atoms with E-state index in [1.807, 2.05) is 12.1 Å². The van der Waals surface area contributed by atoms with Gasteiger partial charge in [-0.05, 0) is 44.0 Å². The van der Waals surface area contributed by atoms with Crippen LogP contribution >= 0.6 is 12.4 Å². The van der Waals surface area contributed by atoms with Gasteiger partial charge in [-0.15, -0.1) is 12.4 Å². The van der Waals surface area contributed by atoms with Crippen LogP contribution in [0.5, 0.6) is 0 Å². The van der Waals surface area contributed by atoms with Crippen molar-refractivity contribution in [1.29, 1.82) is 0 Å². The third kappa shape index (κ3) is 3.49. The predicted molar refractivity (Wildman–Crippen MR) is 82.1 cm³/mol. The van der Waals surface area contributed by atoms with E-state index in [1.54, 1.807) is 19.9 Å². The molecule has 0 aliphatic carbocycles. The van der Waals surface area contributed by atoms with Crippen LogP contribution in [0.4, 0.5) is 11.4 Å². The summed E-state index contributed by atoms with van der Waals surface area (Å²) in [5.41, 5.74) is 7.59. The van der Waals surface area contributed by atoms with Gasteiger partial charge < -0.3 is 16.4 Å². The molecule has 1 aliphatic heterocycles. The molecule has 2 amide bonds. The highest BCUT2D eigenvalue weighted by atomic mass is 35.5. The van der Waals surface area contributed by atoms with Crippen LogP contribution in [-0.2, 0) is 16.0 Å². The predicted octanol–water partition coefficient (Wildman–Crippen LogP) is 1.92. The molecule has 1 aromatic rings. The topological polar surface area (TPSA) is 84.2 Å². The van der Waals surface area contributed by atoms with E-state index in [-0.39, 0.29) is 24.2 Å². The highest BCUT2D eigenvalue weighted by molar-refractivity contribution is 5.97. The molecular formula is C14H20ClN3O2. The minimum absolute atomic E-state index is 0. The molecule has 1 aliphatic rings. The van der Waals surface area contributed by atoms with Gasteiger partial charge in [0.2, 0.25) is 11.8 Å². The number of carbonyl (C=O) groups is 2. The number of halogens is 1. The molecule has 1 aromatic carbocycles. The zero-order chi connectivity index (χ0) is 14.0. The Morgan fingerprint density at radius 1 is 1.40 bits per heavy atom.